The second kappa shape index (κ2) is 10.4. The summed E-state index contributed by atoms with van der Waals surface area (Å²) in [4.78, 5) is 24.0. The van der Waals surface area contributed by atoms with Crippen LogP contribution >= 0.6 is 0 Å². The van der Waals surface area contributed by atoms with Crippen molar-refractivity contribution in [2.75, 3.05) is 0 Å². The van der Waals surface area contributed by atoms with Gasteiger partial charge in [-0.1, -0.05) is 39.0 Å². The number of carbonyl (C=O) groups excluding carboxylic acids is 2. The van der Waals surface area contributed by atoms with Gasteiger partial charge in [-0.2, -0.15) is 0 Å². The number of hydrogen-bond donors (Lipinski definition) is 0. The van der Waals surface area contributed by atoms with Gasteiger partial charge in [0.1, 0.15) is 12.4 Å². The van der Waals surface area contributed by atoms with E-state index in [4.69, 9.17) is 14.2 Å². The number of carbonyl (C=O) groups is 2. The molecule has 0 unspecified atom stereocenters. The molecule has 0 amide bonds. The van der Waals surface area contributed by atoms with Crippen molar-refractivity contribution in [1.29, 1.82) is 0 Å². The monoisotopic (exact) mass is 460 g/mol. The number of rotatable bonds is 8. The molecule has 0 spiro atoms. The van der Waals surface area contributed by atoms with E-state index >= 15 is 0 Å². The van der Waals surface area contributed by atoms with E-state index in [0.717, 1.165) is 38.4 Å². The molecule has 5 nitrogen and oxygen atoms in total. The van der Waals surface area contributed by atoms with Crippen LogP contribution in [0.3, 0.4) is 0 Å². The maximum absolute atomic E-state index is 13.0. The summed E-state index contributed by atoms with van der Waals surface area (Å²) < 4.78 is 18.4. The van der Waals surface area contributed by atoms with Crippen LogP contribution in [0.2, 0.25) is 0 Å². The van der Waals surface area contributed by atoms with E-state index in [9.17, 15) is 9.59 Å². The third kappa shape index (κ3) is 6.36. The summed E-state index contributed by atoms with van der Waals surface area (Å²) in [6.45, 7) is 14.3. The van der Waals surface area contributed by atoms with Crippen LogP contribution in [0, 0.1) is 29.1 Å². The molecule has 2 aliphatic carbocycles. The molecule has 0 saturated carbocycles. The molecule has 1 aliphatic heterocycles. The molecule has 33 heavy (non-hydrogen) atoms. The van der Waals surface area contributed by atoms with E-state index in [0.29, 0.717) is 24.2 Å². The van der Waals surface area contributed by atoms with Crippen molar-refractivity contribution in [3.05, 3.63) is 23.8 Å². The molecular weight excluding hydrogens is 416 g/mol. The molecule has 0 aromatic carbocycles. The molecule has 0 aromatic rings. The predicted molar refractivity (Wildman–Crippen MR) is 129 cm³/mol. The summed E-state index contributed by atoms with van der Waals surface area (Å²) in [5.41, 5.74) is 0.849. The highest BCUT2D eigenvalue weighted by molar-refractivity contribution is 5.76. The summed E-state index contributed by atoms with van der Waals surface area (Å²) in [6, 6.07) is 0. The van der Waals surface area contributed by atoms with E-state index < -0.39 is 11.2 Å². The number of aldehydes is 1. The zero-order chi connectivity index (χ0) is 24.4. The van der Waals surface area contributed by atoms with Crippen molar-refractivity contribution < 1.29 is 23.8 Å². The SMILES string of the molecule is CCC(C)(C)C(=O)O[C@H]1C[C@@H](C)C=C2C=C[C@H](C)[C@H](CC[C@@H]3C[C@H](CC=O)OC(C)(C)O3)[C@H]21. The zero-order valence-electron chi connectivity index (χ0n) is 21.6. The average Bonchev–Trinajstić information content (AvgIpc) is 2.72. The second-order valence-electron chi connectivity index (χ2n) is 11.6. The smallest absolute Gasteiger partial charge is 0.311 e. The summed E-state index contributed by atoms with van der Waals surface area (Å²) in [5.74, 6) is 0.632. The van der Waals surface area contributed by atoms with E-state index in [-0.39, 0.29) is 30.2 Å². The Kier molecular flexibility index (Phi) is 8.27. The zero-order valence-corrected chi connectivity index (χ0v) is 21.6. The highest BCUT2D eigenvalue weighted by Crippen LogP contribution is 2.46. The molecule has 1 fully saturated rings. The third-order valence-corrected chi connectivity index (χ3v) is 7.90. The number of ether oxygens (including phenoxy) is 3. The van der Waals surface area contributed by atoms with Gasteiger partial charge in [0.2, 0.25) is 0 Å². The lowest BCUT2D eigenvalue weighted by atomic mass is 9.65. The highest BCUT2D eigenvalue weighted by atomic mass is 16.7. The van der Waals surface area contributed by atoms with Gasteiger partial charge in [-0.3, -0.25) is 4.79 Å². The molecule has 7 atom stereocenters. The van der Waals surface area contributed by atoms with Gasteiger partial charge in [0.05, 0.1) is 17.6 Å². The van der Waals surface area contributed by atoms with E-state index in [1.54, 1.807) is 0 Å². The van der Waals surface area contributed by atoms with Gasteiger partial charge in [0, 0.05) is 18.8 Å². The maximum Gasteiger partial charge on any atom is 0.311 e. The number of esters is 1. The Labute approximate surface area is 200 Å². The standard InChI is InChI=1S/C28H44O5/c1-8-27(4,5)26(30)31-24-16-18(2)15-20-10-9-19(3)23(25(20)24)12-11-21-17-22(13-14-29)33-28(6,7)32-21/h9-10,14-15,18-19,21-25H,8,11-13,16-17H2,1-7H3/t18-,19-,21+,22-,23-,24-,25-/m0/s1. The molecular formula is C28H44O5. The molecule has 1 heterocycles. The average molecular weight is 461 g/mol. The number of fused-ring (bicyclic) bond motifs is 1. The van der Waals surface area contributed by atoms with Crippen molar-refractivity contribution >= 4 is 12.3 Å². The molecule has 1 saturated heterocycles. The lowest BCUT2D eigenvalue weighted by Gasteiger charge is -2.45. The van der Waals surface area contributed by atoms with E-state index in [2.05, 4.69) is 32.1 Å². The van der Waals surface area contributed by atoms with Crippen LogP contribution in [-0.4, -0.2) is 36.4 Å². The maximum atomic E-state index is 13.0. The van der Waals surface area contributed by atoms with Gasteiger partial charge in [-0.15, -0.1) is 0 Å². The first kappa shape index (κ1) is 26.2. The van der Waals surface area contributed by atoms with Crippen molar-refractivity contribution in [3.8, 4) is 0 Å². The molecule has 0 radical (unpaired) electrons. The summed E-state index contributed by atoms with van der Waals surface area (Å²) >= 11 is 0. The highest BCUT2D eigenvalue weighted by Gasteiger charge is 2.43. The number of hydrogen-bond acceptors (Lipinski definition) is 5. The van der Waals surface area contributed by atoms with Crippen LogP contribution in [0.25, 0.3) is 0 Å². The molecule has 0 bridgehead atoms. The summed E-state index contributed by atoms with van der Waals surface area (Å²) in [7, 11) is 0. The predicted octanol–water partition coefficient (Wildman–Crippen LogP) is 6.02. The van der Waals surface area contributed by atoms with Gasteiger partial charge in [0.25, 0.3) is 0 Å². The summed E-state index contributed by atoms with van der Waals surface area (Å²) in [6.07, 6.45) is 12.4. The molecule has 0 N–H and O–H groups in total. The molecule has 186 valence electrons. The minimum Gasteiger partial charge on any atom is -0.461 e. The van der Waals surface area contributed by atoms with Crippen LogP contribution < -0.4 is 0 Å². The normalized spacial score (nSPS) is 36.0. The van der Waals surface area contributed by atoms with Gasteiger partial charge >= 0.3 is 5.97 Å². The minimum absolute atomic E-state index is 0.0618. The Morgan fingerprint density at radius 2 is 1.88 bits per heavy atom. The fraction of sp³-hybridized carbons (Fsp3) is 0.786. The van der Waals surface area contributed by atoms with Crippen LogP contribution in [0.5, 0.6) is 0 Å². The van der Waals surface area contributed by atoms with Crippen molar-refractivity contribution in [3.63, 3.8) is 0 Å². The van der Waals surface area contributed by atoms with Gasteiger partial charge in [-0.05, 0) is 76.7 Å². The van der Waals surface area contributed by atoms with Gasteiger partial charge < -0.3 is 19.0 Å². The largest absolute Gasteiger partial charge is 0.461 e. The van der Waals surface area contributed by atoms with Crippen molar-refractivity contribution in [2.24, 2.45) is 29.1 Å². The van der Waals surface area contributed by atoms with E-state index in [1.165, 1.54) is 5.57 Å². The van der Waals surface area contributed by atoms with Gasteiger partial charge in [0.15, 0.2) is 5.79 Å². The Balaban J connectivity index is 1.76. The first-order valence-corrected chi connectivity index (χ1v) is 12.9. The Bertz CT molecular complexity index is 764. The Hall–Kier alpha value is -1.46. The fourth-order valence-electron chi connectivity index (χ4n) is 5.69. The summed E-state index contributed by atoms with van der Waals surface area (Å²) in [5, 5.41) is 0. The van der Waals surface area contributed by atoms with E-state index in [1.807, 2.05) is 34.6 Å². The number of allylic oxidation sites excluding steroid dienone is 3. The quantitative estimate of drug-likeness (QED) is 0.327. The third-order valence-electron chi connectivity index (χ3n) is 7.90. The second-order valence-corrected chi connectivity index (χ2v) is 11.6. The Morgan fingerprint density at radius 3 is 2.55 bits per heavy atom. The molecule has 3 rings (SSSR count). The molecule has 0 aromatic heterocycles. The Morgan fingerprint density at radius 1 is 1.18 bits per heavy atom. The van der Waals surface area contributed by atoms with Crippen LogP contribution in [0.4, 0.5) is 0 Å². The lowest BCUT2D eigenvalue weighted by Crippen LogP contribution is -2.46. The minimum atomic E-state index is -0.677. The topological polar surface area (TPSA) is 61.8 Å². The fourth-order valence-corrected chi connectivity index (χ4v) is 5.69. The van der Waals surface area contributed by atoms with Gasteiger partial charge in [-0.25, -0.2) is 0 Å². The van der Waals surface area contributed by atoms with Crippen molar-refractivity contribution in [2.45, 2.75) is 111 Å². The van der Waals surface area contributed by atoms with Crippen LogP contribution in [0.15, 0.2) is 23.8 Å². The van der Waals surface area contributed by atoms with Crippen LogP contribution in [-0.2, 0) is 23.8 Å². The molecule has 5 heteroatoms. The molecule has 3 aliphatic rings. The first-order valence-electron chi connectivity index (χ1n) is 12.9. The first-order chi connectivity index (χ1) is 15.5. The lowest BCUT2D eigenvalue weighted by molar-refractivity contribution is -0.300. The van der Waals surface area contributed by atoms with Crippen LogP contribution in [0.1, 0.15) is 87.0 Å². The van der Waals surface area contributed by atoms with Crippen molar-refractivity contribution in [1.82, 2.24) is 0 Å².